The molecule has 0 aliphatic carbocycles. The third-order valence-corrected chi connectivity index (χ3v) is 7.77. The summed E-state index contributed by atoms with van der Waals surface area (Å²) in [6.45, 7) is 1.58. The van der Waals surface area contributed by atoms with Crippen molar-refractivity contribution in [3.63, 3.8) is 0 Å². The van der Waals surface area contributed by atoms with Gasteiger partial charge in [-0.2, -0.15) is 0 Å². The summed E-state index contributed by atoms with van der Waals surface area (Å²) < 4.78 is 42.1. The van der Waals surface area contributed by atoms with Gasteiger partial charge in [0.15, 0.2) is 0 Å². The summed E-state index contributed by atoms with van der Waals surface area (Å²) >= 11 is 2.11. The number of benzene rings is 3. The summed E-state index contributed by atoms with van der Waals surface area (Å²) in [5, 5.41) is 2.85. The molecule has 0 aliphatic heterocycles. The van der Waals surface area contributed by atoms with Crippen LogP contribution in [-0.2, 0) is 32.6 Å². The third-order valence-electron chi connectivity index (χ3n) is 5.91. The van der Waals surface area contributed by atoms with E-state index >= 15 is 0 Å². The Morgan fingerprint density at radius 2 is 1.61 bits per heavy atom. The number of hydrogen-bond acceptors (Lipinski definition) is 4. The summed E-state index contributed by atoms with van der Waals surface area (Å²) in [5.41, 5.74) is 1.36. The van der Waals surface area contributed by atoms with Crippen molar-refractivity contribution < 1.29 is 22.4 Å². The number of hydrogen-bond donors (Lipinski definition) is 1. The van der Waals surface area contributed by atoms with E-state index in [1.54, 1.807) is 42.5 Å². The fourth-order valence-electron chi connectivity index (χ4n) is 3.95. The predicted octanol–water partition coefficient (Wildman–Crippen LogP) is 4.36. The number of halogens is 2. The van der Waals surface area contributed by atoms with Crippen LogP contribution in [0.1, 0.15) is 24.5 Å². The van der Waals surface area contributed by atoms with Gasteiger partial charge in [0.2, 0.25) is 21.8 Å². The Hall–Kier alpha value is -2.99. The van der Waals surface area contributed by atoms with Crippen LogP contribution >= 0.6 is 22.6 Å². The number of rotatable bonds is 12. The Kier molecular flexibility index (Phi) is 10.7. The quantitative estimate of drug-likeness (QED) is 0.295. The van der Waals surface area contributed by atoms with Gasteiger partial charge in [0.1, 0.15) is 18.4 Å². The van der Waals surface area contributed by atoms with Crippen LogP contribution in [0.3, 0.4) is 0 Å². The minimum atomic E-state index is -3.85. The van der Waals surface area contributed by atoms with Crippen molar-refractivity contribution in [1.82, 2.24) is 10.2 Å². The van der Waals surface area contributed by atoms with E-state index in [0.717, 1.165) is 19.7 Å². The van der Waals surface area contributed by atoms with Gasteiger partial charge in [-0.15, -0.1) is 0 Å². The average molecular weight is 652 g/mol. The molecule has 0 radical (unpaired) electrons. The van der Waals surface area contributed by atoms with E-state index in [1.165, 1.54) is 11.0 Å². The Morgan fingerprint density at radius 1 is 0.974 bits per heavy atom. The van der Waals surface area contributed by atoms with Crippen LogP contribution in [0, 0.1) is 9.39 Å². The average Bonchev–Trinajstić information content (AvgIpc) is 2.89. The van der Waals surface area contributed by atoms with Crippen LogP contribution in [0.4, 0.5) is 10.1 Å². The topological polar surface area (TPSA) is 86.8 Å². The molecule has 0 fully saturated rings. The van der Waals surface area contributed by atoms with E-state index in [4.69, 9.17) is 0 Å². The lowest BCUT2D eigenvalue weighted by atomic mass is 10.0. The van der Waals surface area contributed by atoms with Crippen LogP contribution < -0.4 is 9.62 Å². The molecule has 1 atom stereocenters. The fraction of sp³-hybridized carbons (Fsp3) is 0.286. The van der Waals surface area contributed by atoms with Gasteiger partial charge < -0.3 is 10.2 Å². The van der Waals surface area contributed by atoms with E-state index in [1.807, 2.05) is 37.3 Å². The minimum Gasteiger partial charge on any atom is -0.354 e. The molecule has 3 rings (SSSR count). The van der Waals surface area contributed by atoms with Crippen molar-refractivity contribution in [2.45, 2.75) is 32.4 Å². The Morgan fingerprint density at radius 3 is 2.21 bits per heavy atom. The first-order chi connectivity index (χ1) is 18.1. The minimum absolute atomic E-state index is 0.180. The van der Waals surface area contributed by atoms with Crippen molar-refractivity contribution in [1.29, 1.82) is 0 Å². The fourth-order valence-corrected chi connectivity index (χ4v) is 5.16. The van der Waals surface area contributed by atoms with Crippen LogP contribution in [0.5, 0.6) is 0 Å². The maximum atomic E-state index is 14.7. The maximum absolute atomic E-state index is 14.7. The molecule has 1 unspecified atom stereocenters. The number of carbonyl (C=O) groups excluding carboxylic acids is 2. The molecule has 202 valence electrons. The highest BCUT2D eigenvalue weighted by Crippen LogP contribution is 2.22. The van der Waals surface area contributed by atoms with Crippen molar-refractivity contribution in [2.75, 3.05) is 23.7 Å². The number of amides is 2. The van der Waals surface area contributed by atoms with Gasteiger partial charge in [0.25, 0.3) is 0 Å². The molecule has 1 N–H and O–H groups in total. The van der Waals surface area contributed by atoms with Gasteiger partial charge in [-0.1, -0.05) is 55.5 Å². The summed E-state index contributed by atoms with van der Waals surface area (Å²) in [5.74, 6) is -1.53. The first-order valence-electron chi connectivity index (χ1n) is 12.2. The van der Waals surface area contributed by atoms with Gasteiger partial charge in [-0.05, 0) is 64.9 Å². The molecular weight excluding hydrogens is 620 g/mol. The molecule has 0 saturated heterocycles. The second kappa shape index (κ2) is 13.7. The summed E-state index contributed by atoms with van der Waals surface area (Å²) in [7, 11) is -3.85. The highest BCUT2D eigenvalue weighted by molar-refractivity contribution is 14.1. The van der Waals surface area contributed by atoms with Crippen molar-refractivity contribution in [3.05, 3.63) is 99.4 Å². The van der Waals surface area contributed by atoms with E-state index in [0.29, 0.717) is 18.7 Å². The number of nitrogens with one attached hydrogen (secondary N) is 1. The zero-order valence-electron chi connectivity index (χ0n) is 21.3. The molecule has 3 aromatic carbocycles. The summed E-state index contributed by atoms with van der Waals surface area (Å²) in [6.07, 6.45) is 1.90. The van der Waals surface area contributed by atoms with Crippen LogP contribution in [-0.4, -0.2) is 50.5 Å². The Bertz CT molecular complexity index is 1340. The molecule has 0 bridgehead atoms. The molecule has 0 saturated carbocycles. The van der Waals surface area contributed by atoms with Crippen LogP contribution in [0.15, 0.2) is 78.9 Å². The first kappa shape index (κ1) is 29.6. The van der Waals surface area contributed by atoms with Gasteiger partial charge in [0, 0.05) is 28.6 Å². The van der Waals surface area contributed by atoms with E-state index in [2.05, 4.69) is 27.9 Å². The van der Waals surface area contributed by atoms with Crippen molar-refractivity contribution >= 4 is 50.1 Å². The predicted molar refractivity (Wildman–Crippen MR) is 156 cm³/mol. The zero-order chi connectivity index (χ0) is 27.7. The summed E-state index contributed by atoms with van der Waals surface area (Å²) in [6, 6.07) is 21.0. The largest absolute Gasteiger partial charge is 0.354 e. The molecule has 10 heteroatoms. The second-order valence-electron chi connectivity index (χ2n) is 8.86. The molecule has 2 amide bonds. The lowest BCUT2D eigenvalue weighted by Gasteiger charge is -2.33. The molecule has 0 spiro atoms. The molecule has 38 heavy (non-hydrogen) atoms. The van der Waals surface area contributed by atoms with E-state index in [-0.39, 0.29) is 24.4 Å². The van der Waals surface area contributed by atoms with Gasteiger partial charge >= 0.3 is 0 Å². The Balaban J connectivity index is 2.04. The van der Waals surface area contributed by atoms with Gasteiger partial charge in [-0.3, -0.25) is 13.9 Å². The van der Waals surface area contributed by atoms with Crippen molar-refractivity contribution in [2.24, 2.45) is 0 Å². The standard InChI is InChI=1S/C28H31FIN3O4S/c1-3-17-31-28(35)26(18-21-9-5-4-6-10-21)32(19-22-11-7-8-12-25(22)29)27(34)20-33(38(2,36)37)24-15-13-23(30)14-16-24/h4-16,26H,3,17-20H2,1-2H3,(H,31,35). The van der Waals surface area contributed by atoms with Crippen LogP contribution in [0.25, 0.3) is 0 Å². The first-order valence-corrected chi connectivity index (χ1v) is 15.1. The number of carbonyl (C=O) groups is 2. The zero-order valence-corrected chi connectivity index (χ0v) is 24.3. The highest BCUT2D eigenvalue weighted by Gasteiger charge is 2.33. The lowest BCUT2D eigenvalue weighted by molar-refractivity contribution is -0.140. The lowest BCUT2D eigenvalue weighted by Crippen LogP contribution is -2.53. The molecule has 0 aromatic heterocycles. The molecular formula is C28H31FIN3O4S. The number of anilines is 1. The van der Waals surface area contributed by atoms with Gasteiger partial charge in [-0.25, -0.2) is 12.8 Å². The number of sulfonamides is 1. The monoisotopic (exact) mass is 651 g/mol. The molecule has 0 aliphatic rings. The van der Waals surface area contributed by atoms with E-state index in [9.17, 15) is 22.4 Å². The maximum Gasteiger partial charge on any atom is 0.244 e. The van der Waals surface area contributed by atoms with Crippen LogP contribution in [0.2, 0.25) is 0 Å². The molecule has 0 heterocycles. The SMILES string of the molecule is CCCNC(=O)C(Cc1ccccc1)N(Cc1ccccc1F)C(=O)CN(c1ccc(I)cc1)S(C)(=O)=O. The smallest absolute Gasteiger partial charge is 0.244 e. The molecule has 7 nitrogen and oxygen atoms in total. The number of nitrogens with zero attached hydrogens (tertiary/aromatic N) is 2. The Labute approximate surface area is 237 Å². The van der Waals surface area contributed by atoms with Gasteiger partial charge in [0.05, 0.1) is 11.9 Å². The molecule has 3 aromatic rings. The van der Waals surface area contributed by atoms with Crippen molar-refractivity contribution in [3.8, 4) is 0 Å². The third kappa shape index (κ3) is 8.26. The summed E-state index contributed by atoms with van der Waals surface area (Å²) in [4.78, 5) is 28.5. The highest BCUT2D eigenvalue weighted by atomic mass is 127. The normalized spacial score (nSPS) is 12.0. The van der Waals surface area contributed by atoms with E-state index < -0.39 is 34.3 Å². The second-order valence-corrected chi connectivity index (χ2v) is 12.0.